The van der Waals surface area contributed by atoms with Crippen molar-refractivity contribution >= 4 is 0 Å². The Hall–Kier alpha value is -0.660. The molecule has 0 aromatic carbocycles. The molecule has 0 nitrogen and oxygen atoms in total. The summed E-state index contributed by atoms with van der Waals surface area (Å²) in [5, 5.41) is 0. The van der Waals surface area contributed by atoms with Crippen molar-refractivity contribution in [1.82, 2.24) is 0 Å². The lowest BCUT2D eigenvalue weighted by Crippen LogP contribution is -2.12. The van der Waals surface area contributed by atoms with Crippen LogP contribution in [0.3, 0.4) is 0 Å². The summed E-state index contributed by atoms with van der Waals surface area (Å²) in [5.74, 6) is -2.64. The molecule has 0 rings (SSSR count). The second-order valence-electron chi connectivity index (χ2n) is 3.72. The van der Waals surface area contributed by atoms with Gasteiger partial charge < -0.3 is 0 Å². The van der Waals surface area contributed by atoms with Gasteiger partial charge in [0.05, 0.1) is 0 Å². The highest BCUT2D eigenvalue weighted by Gasteiger charge is 2.23. The van der Waals surface area contributed by atoms with E-state index in [2.05, 4.69) is 6.58 Å². The van der Waals surface area contributed by atoms with Crippen LogP contribution in [0.1, 0.15) is 55.4 Å². The summed E-state index contributed by atoms with van der Waals surface area (Å²) < 4.78 is 24.6. The van der Waals surface area contributed by atoms with E-state index in [-0.39, 0.29) is 5.57 Å². The SMILES string of the molecule is C=C(C)C.CC.CC(C)=C(C)C(C)(F)F. The highest BCUT2D eigenvalue weighted by molar-refractivity contribution is 5.14. The monoisotopic (exact) mass is 220 g/mol. The van der Waals surface area contributed by atoms with E-state index in [1.54, 1.807) is 13.8 Å². The van der Waals surface area contributed by atoms with Crippen LogP contribution in [0, 0.1) is 0 Å². The van der Waals surface area contributed by atoms with E-state index in [0.29, 0.717) is 5.57 Å². The highest BCUT2D eigenvalue weighted by Crippen LogP contribution is 2.24. The van der Waals surface area contributed by atoms with Crippen molar-refractivity contribution < 1.29 is 8.78 Å². The second kappa shape index (κ2) is 9.88. The first kappa shape index (κ1) is 19.8. The fraction of sp³-hybridized carbons (Fsp3) is 0.692. The Morgan fingerprint density at radius 2 is 1.13 bits per heavy atom. The molecule has 0 radical (unpaired) electrons. The van der Waals surface area contributed by atoms with E-state index >= 15 is 0 Å². The average Bonchev–Trinajstić information content (AvgIpc) is 2.04. The van der Waals surface area contributed by atoms with Crippen molar-refractivity contribution in [2.45, 2.75) is 61.3 Å². The molecule has 0 N–H and O–H groups in total. The standard InChI is InChI=1S/C7H12F2.C4H8.C2H6/c1-5(2)6(3)7(4,8)9;1-4(2)3;1-2/h1-4H3;1H2,2-3H3;1-2H3. The fourth-order valence-electron chi connectivity index (χ4n) is 0.439. The second-order valence-corrected chi connectivity index (χ2v) is 3.72. The van der Waals surface area contributed by atoms with Crippen LogP contribution in [-0.2, 0) is 0 Å². The summed E-state index contributed by atoms with van der Waals surface area (Å²) >= 11 is 0. The lowest BCUT2D eigenvalue weighted by molar-refractivity contribution is 0.0624. The first-order chi connectivity index (χ1) is 6.59. The van der Waals surface area contributed by atoms with E-state index in [4.69, 9.17) is 0 Å². The van der Waals surface area contributed by atoms with Gasteiger partial charge >= 0.3 is 0 Å². The normalized spacial score (nSPS) is 8.93. The predicted molar refractivity (Wildman–Crippen MR) is 66.5 cm³/mol. The van der Waals surface area contributed by atoms with Gasteiger partial charge in [-0.3, -0.25) is 0 Å². The molecule has 0 bridgehead atoms. The molecule has 0 unspecified atom stereocenters. The third-order valence-electron chi connectivity index (χ3n) is 1.41. The van der Waals surface area contributed by atoms with E-state index in [1.807, 2.05) is 27.7 Å². The first-order valence-corrected chi connectivity index (χ1v) is 5.23. The van der Waals surface area contributed by atoms with Crippen LogP contribution in [0.5, 0.6) is 0 Å². The maximum atomic E-state index is 12.3. The molecule has 0 aliphatic rings. The quantitative estimate of drug-likeness (QED) is 0.504. The predicted octanol–water partition coefficient (Wildman–Crippen LogP) is 5.61. The number of hydrogen-bond acceptors (Lipinski definition) is 0. The molecular weight excluding hydrogens is 194 g/mol. The van der Waals surface area contributed by atoms with Crippen LogP contribution in [0.15, 0.2) is 23.3 Å². The summed E-state index contributed by atoms with van der Waals surface area (Å²) in [6.07, 6.45) is 0. The minimum atomic E-state index is -2.64. The molecule has 0 heterocycles. The van der Waals surface area contributed by atoms with Crippen molar-refractivity contribution in [3.63, 3.8) is 0 Å². The van der Waals surface area contributed by atoms with E-state index < -0.39 is 5.92 Å². The summed E-state index contributed by atoms with van der Waals surface area (Å²) in [7, 11) is 0. The number of rotatable bonds is 1. The fourth-order valence-corrected chi connectivity index (χ4v) is 0.439. The van der Waals surface area contributed by atoms with Crippen molar-refractivity contribution in [2.75, 3.05) is 0 Å². The van der Waals surface area contributed by atoms with Gasteiger partial charge in [-0.15, -0.1) is 6.58 Å². The van der Waals surface area contributed by atoms with Crippen LogP contribution in [0.4, 0.5) is 8.78 Å². The number of alkyl halides is 2. The molecule has 0 amide bonds. The van der Waals surface area contributed by atoms with Gasteiger partial charge in [-0.25, -0.2) is 8.78 Å². The van der Waals surface area contributed by atoms with Gasteiger partial charge in [-0.2, -0.15) is 0 Å². The minimum absolute atomic E-state index is 0.169. The van der Waals surface area contributed by atoms with Crippen molar-refractivity contribution in [3.8, 4) is 0 Å². The zero-order valence-corrected chi connectivity index (χ0v) is 11.5. The molecule has 0 spiro atoms. The van der Waals surface area contributed by atoms with Gasteiger partial charge in [0.1, 0.15) is 0 Å². The van der Waals surface area contributed by atoms with Crippen molar-refractivity contribution in [1.29, 1.82) is 0 Å². The van der Waals surface area contributed by atoms with Crippen LogP contribution in [0.25, 0.3) is 0 Å². The molecule has 0 aliphatic carbocycles. The Bertz CT molecular complexity index is 187. The van der Waals surface area contributed by atoms with Crippen LogP contribution >= 0.6 is 0 Å². The maximum Gasteiger partial charge on any atom is 0.266 e. The van der Waals surface area contributed by atoms with Crippen LogP contribution in [0.2, 0.25) is 0 Å². The smallest absolute Gasteiger partial charge is 0.202 e. The minimum Gasteiger partial charge on any atom is -0.202 e. The molecule has 2 heteroatoms. The molecule has 0 aliphatic heterocycles. The Labute approximate surface area is 94.1 Å². The Morgan fingerprint density at radius 1 is 0.933 bits per heavy atom. The summed E-state index contributed by atoms with van der Waals surface area (Å²) in [6, 6.07) is 0. The molecular formula is C13H26F2. The molecule has 0 saturated heterocycles. The molecule has 92 valence electrons. The Morgan fingerprint density at radius 3 is 1.13 bits per heavy atom. The molecule has 15 heavy (non-hydrogen) atoms. The highest BCUT2D eigenvalue weighted by atomic mass is 19.3. The van der Waals surface area contributed by atoms with Gasteiger partial charge in [0.25, 0.3) is 5.92 Å². The molecule has 0 aromatic rings. The summed E-state index contributed by atoms with van der Waals surface area (Å²) in [6.45, 7) is 17.2. The van der Waals surface area contributed by atoms with Crippen LogP contribution < -0.4 is 0 Å². The zero-order chi connectivity index (χ0) is 13.2. The van der Waals surface area contributed by atoms with Crippen molar-refractivity contribution in [2.24, 2.45) is 0 Å². The van der Waals surface area contributed by atoms with Gasteiger partial charge in [-0.05, 0) is 40.2 Å². The third-order valence-corrected chi connectivity index (χ3v) is 1.41. The molecule has 0 fully saturated rings. The third kappa shape index (κ3) is 19.7. The zero-order valence-electron chi connectivity index (χ0n) is 11.5. The number of allylic oxidation sites excluding steroid dienone is 3. The number of hydrogen-bond donors (Lipinski definition) is 0. The summed E-state index contributed by atoms with van der Waals surface area (Å²) in [5.41, 5.74) is 2.03. The lowest BCUT2D eigenvalue weighted by Gasteiger charge is -2.11. The topological polar surface area (TPSA) is 0 Å². The van der Waals surface area contributed by atoms with E-state index in [0.717, 1.165) is 6.92 Å². The van der Waals surface area contributed by atoms with E-state index in [1.165, 1.54) is 12.5 Å². The Kier molecular flexibility index (Phi) is 13.1. The van der Waals surface area contributed by atoms with Gasteiger partial charge in [0, 0.05) is 6.92 Å². The molecule has 0 saturated carbocycles. The lowest BCUT2D eigenvalue weighted by atomic mass is 10.1. The van der Waals surface area contributed by atoms with E-state index in [9.17, 15) is 8.78 Å². The van der Waals surface area contributed by atoms with Gasteiger partial charge in [0.2, 0.25) is 0 Å². The number of halogens is 2. The molecule has 0 aromatic heterocycles. The largest absolute Gasteiger partial charge is 0.266 e. The maximum absolute atomic E-state index is 12.3. The average molecular weight is 220 g/mol. The summed E-state index contributed by atoms with van der Waals surface area (Å²) in [4.78, 5) is 0. The van der Waals surface area contributed by atoms with Gasteiger partial charge in [0.15, 0.2) is 0 Å². The van der Waals surface area contributed by atoms with Crippen molar-refractivity contribution in [3.05, 3.63) is 23.3 Å². The van der Waals surface area contributed by atoms with Crippen LogP contribution in [-0.4, -0.2) is 5.92 Å². The Balaban J connectivity index is -0.000000202. The van der Waals surface area contributed by atoms with Gasteiger partial charge in [-0.1, -0.05) is 25.0 Å². The molecule has 0 atom stereocenters. The first-order valence-electron chi connectivity index (χ1n) is 5.23.